The molecule has 7 heteroatoms. The maximum atomic E-state index is 10.7. The number of aliphatic carboxylic acids is 2. The van der Waals surface area contributed by atoms with Crippen LogP contribution < -0.4 is 21.3 Å². The number of amides is 1. The summed E-state index contributed by atoms with van der Waals surface area (Å²) in [6.07, 6.45) is -0.750. The first-order chi connectivity index (χ1) is 6.47. The quantitative estimate of drug-likeness (QED) is 0.447. The van der Waals surface area contributed by atoms with Gasteiger partial charge in [-0.2, -0.15) is 0 Å². The van der Waals surface area contributed by atoms with Crippen LogP contribution in [-0.2, 0) is 14.4 Å². The minimum Gasteiger partial charge on any atom is -0.550 e. The van der Waals surface area contributed by atoms with Crippen molar-refractivity contribution >= 4 is 17.8 Å². The predicted octanol–water partition coefficient (Wildman–Crippen LogP) is -4.29. The van der Waals surface area contributed by atoms with Crippen molar-refractivity contribution in [2.24, 2.45) is 5.73 Å². The normalized spacial score (nSPS) is 11.8. The third-order valence-electron chi connectivity index (χ3n) is 1.44. The van der Waals surface area contributed by atoms with Crippen LogP contribution in [0, 0.1) is 0 Å². The summed E-state index contributed by atoms with van der Waals surface area (Å²) in [5.74, 6) is -3.62. The predicted molar refractivity (Wildman–Crippen MR) is 40.2 cm³/mol. The Morgan fingerprint density at radius 3 is 2.21 bits per heavy atom. The molecule has 0 spiro atoms. The summed E-state index contributed by atoms with van der Waals surface area (Å²) in [6.45, 7) is -0.366. The summed E-state index contributed by atoms with van der Waals surface area (Å²) >= 11 is 0. The van der Waals surface area contributed by atoms with Crippen LogP contribution in [0.15, 0.2) is 0 Å². The van der Waals surface area contributed by atoms with Gasteiger partial charge in [0.25, 0.3) is 0 Å². The van der Waals surface area contributed by atoms with E-state index in [4.69, 9.17) is 5.73 Å². The van der Waals surface area contributed by atoms with Crippen molar-refractivity contribution in [3.05, 3.63) is 0 Å². The molecule has 3 N–H and O–H groups in total. The summed E-state index contributed by atoms with van der Waals surface area (Å²) in [6, 6.07) is -1.34. The fraction of sp³-hybridized carbons (Fsp3) is 0.571. The van der Waals surface area contributed by atoms with E-state index in [1.807, 2.05) is 5.32 Å². The van der Waals surface area contributed by atoms with E-state index in [0.29, 0.717) is 0 Å². The van der Waals surface area contributed by atoms with Crippen molar-refractivity contribution < 1.29 is 24.6 Å². The lowest BCUT2D eigenvalue weighted by atomic mass is 10.1. The lowest BCUT2D eigenvalue weighted by molar-refractivity contribution is -0.310. The minimum absolute atomic E-state index is 0.281. The van der Waals surface area contributed by atoms with E-state index in [1.165, 1.54) is 0 Å². The monoisotopic (exact) mass is 202 g/mol. The van der Waals surface area contributed by atoms with E-state index in [-0.39, 0.29) is 13.0 Å². The Labute approximate surface area is 79.9 Å². The average molecular weight is 202 g/mol. The van der Waals surface area contributed by atoms with Crippen molar-refractivity contribution in [2.75, 3.05) is 6.54 Å². The highest BCUT2D eigenvalue weighted by molar-refractivity contribution is 5.84. The molecule has 14 heavy (non-hydrogen) atoms. The number of rotatable bonds is 6. The molecule has 0 bridgehead atoms. The molecule has 0 aromatic carbocycles. The van der Waals surface area contributed by atoms with Crippen molar-refractivity contribution in [1.29, 1.82) is 0 Å². The van der Waals surface area contributed by atoms with Gasteiger partial charge in [-0.15, -0.1) is 0 Å². The van der Waals surface area contributed by atoms with Crippen LogP contribution in [-0.4, -0.2) is 30.4 Å². The molecule has 0 aromatic heterocycles. The van der Waals surface area contributed by atoms with Crippen LogP contribution >= 0.6 is 0 Å². The second-order valence-electron chi connectivity index (χ2n) is 2.55. The second kappa shape index (κ2) is 5.92. The molecule has 0 fully saturated rings. The lowest BCUT2D eigenvalue weighted by Gasteiger charge is -2.19. The molecule has 1 unspecified atom stereocenters. The summed E-state index contributed by atoms with van der Waals surface area (Å²) in [7, 11) is 0. The number of carboxylic acid groups (broad SMARTS) is 2. The smallest absolute Gasteiger partial charge is 0.234 e. The van der Waals surface area contributed by atoms with Gasteiger partial charge in [-0.05, 0) is 12.8 Å². The maximum absolute atomic E-state index is 10.7. The number of nitrogens with two attached hydrogens (primary N) is 1. The first kappa shape index (κ1) is 12.4. The van der Waals surface area contributed by atoms with Gasteiger partial charge in [0.15, 0.2) is 0 Å². The Hall–Kier alpha value is -1.63. The van der Waals surface area contributed by atoms with Crippen LogP contribution in [0.4, 0.5) is 0 Å². The topological polar surface area (TPSA) is 135 Å². The molecule has 0 aliphatic heterocycles. The van der Waals surface area contributed by atoms with Gasteiger partial charge >= 0.3 is 0 Å². The fourth-order valence-corrected chi connectivity index (χ4v) is 0.764. The number of nitrogens with one attached hydrogen (secondary N) is 1. The molecule has 7 nitrogen and oxygen atoms in total. The number of carbonyl (C=O) groups is 3. The van der Waals surface area contributed by atoms with Gasteiger partial charge in [-0.3, -0.25) is 4.79 Å². The van der Waals surface area contributed by atoms with Gasteiger partial charge in [0.2, 0.25) is 5.91 Å². The van der Waals surface area contributed by atoms with Gasteiger partial charge in [0.05, 0.1) is 18.6 Å². The summed E-state index contributed by atoms with van der Waals surface area (Å²) in [5, 5.41) is 22.4. The van der Waals surface area contributed by atoms with Crippen LogP contribution in [0.1, 0.15) is 12.8 Å². The Morgan fingerprint density at radius 1 is 1.29 bits per heavy atom. The molecule has 0 saturated heterocycles. The van der Waals surface area contributed by atoms with Gasteiger partial charge in [0, 0.05) is 5.97 Å². The number of hydrogen-bond acceptors (Lipinski definition) is 6. The average Bonchev–Trinajstić information content (AvgIpc) is 2.10. The first-order valence-corrected chi connectivity index (χ1v) is 3.87. The Balaban J connectivity index is 4.09. The van der Waals surface area contributed by atoms with Gasteiger partial charge in [0.1, 0.15) is 0 Å². The molecule has 0 rings (SSSR count). The molecular formula is C7H10N2O5-2. The standard InChI is InChI=1S/C7H12N2O5/c8-3-5(10)9-4(7(13)14)1-2-6(11)12/h4H,1-3,8H2,(H,9,10)(H,11,12)(H,13,14)/p-2. The third kappa shape index (κ3) is 5.09. The Morgan fingerprint density at radius 2 is 1.86 bits per heavy atom. The third-order valence-corrected chi connectivity index (χ3v) is 1.44. The highest BCUT2D eigenvalue weighted by Gasteiger charge is 2.11. The van der Waals surface area contributed by atoms with Crippen LogP contribution in [0.2, 0.25) is 0 Å². The largest absolute Gasteiger partial charge is 0.550 e. The molecule has 80 valence electrons. The van der Waals surface area contributed by atoms with Gasteiger partial charge < -0.3 is 30.9 Å². The summed E-state index contributed by atoms with van der Waals surface area (Å²) < 4.78 is 0. The van der Waals surface area contributed by atoms with E-state index in [0.717, 1.165) is 0 Å². The zero-order chi connectivity index (χ0) is 11.1. The Kier molecular flexibility index (Phi) is 5.23. The molecule has 0 saturated carbocycles. The number of hydrogen-bond donors (Lipinski definition) is 2. The van der Waals surface area contributed by atoms with Crippen molar-refractivity contribution in [3.8, 4) is 0 Å². The first-order valence-electron chi connectivity index (χ1n) is 3.87. The second-order valence-corrected chi connectivity index (χ2v) is 2.55. The van der Waals surface area contributed by atoms with Crippen LogP contribution in [0.3, 0.4) is 0 Å². The molecule has 0 aliphatic carbocycles. The Bertz CT molecular complexity index is 240. The maximum Gasteiger partial charge on any atom is 0.234 e. The highest BCUT2D eigenvalue weighted by Crippen LogP contribution is 1.95. The molecule has 0 heterocycles. The molecular weight excluding hydrogens is 192 g/mol. The molecule has 0 radical (unpaired) electrons. The van der Waals surface area contributed by atoms with E-state index >= 15 is 0 Å². The van der Waals surface area contributed by atoms with Crippen LogP contribution in [0.25, 0.3) is 0 Å². The van der Waals surface area contributed by atoms with E-state index in [9.17, 15) is 24.6 Å². The number of carbonyl (C=O) groups excluding carboxylic acids is 3. The van der Waals surface area contributed by atoms with E-state index in [1.54, 1.807) is 0 Å². The minimum atomic E-state index is -1.55. The van der Waals surface area contributed by atoms with Crippen LogP contribution in [0.5, 0.6) is 0 Å². The lowest BCUT2D eigenvalue weighted by Crippen LogP contribution is -2.49. The van der Waals surface area contributed by atoms with Gasteiger partial charge in [-0.1, -0.05) is 0 Å². The molecule has 1 atom stereocenters. The summed E-state index contributed by atoms with van der Waals surface area (Å²) in [4.78, 5) is 31.1. The van der Waals surface area contributed by atoms with Crippen molar-refractivity contribution in [3.63, 3.8) is 0 Å². The van der Waals surface area contributed by atoms with Crippen molar-refractivity contribution in [2.45, 2.75) is 18.9 Å². The molecule has 0 aromatic rings. The zero-order valence-corrected chi connectivity index (χ0v) is 7.32. The molecule has 1 amide bonds. The molecule has 0 aliphatic rings. The van der Waals surface area contributed by atoms with E-state index in [2.05, 4.69) is 0 Å². The van der Waals surface area contributed by atoms with E-state index < -0.39 is 30.3 Å². The highest BCUT2D eigenvalue weighted by atomic mass is 16.4. The van der Waals surface area contributed by atoms with Gasteiger partial charge in [-0.25, -0.2) is 0 Å². The fourth-order valence-electron chi connectivity index (χ4n) is 0.764. The SMILES string of the molecule is NCC(=O)NC(CCC(=O)[O-])C(=O)[O-]. The summed E-state index contributed by atoms with van der Waals surface area (Å²) in [5.41, 5.74) is 4.92. The number of carboxylic acids is 2. The zero-order valence-electron chi connectivity index (χ0n) is 7.32. The van der Waals surface area contributed by atoms with Crippen molar-refractivity contribution in [1.82, 2.24) is 5.32 Å².